The normalized spacial score (nSPS) is 19.4. The van der Waals surface area contributed by atoms with Crippen molar-refractivity contribution in [1.82, 2.24) is 14.7 Å². The van der Waals surface area contributed by atoms with Gasteiger partial charge in [-0.1, -0.05) is 42.2 Å². The SMILES string of the molecule is CCOc1ccc(-c2nn(-c3ccccc3)cc2/C=C2\SC(=S)N(CC3CCCO3)C2=O)cc1. The maximum atomic E-state index is 13.2. The van der Waals surface area contributed by atoms with Crippen molar-refractivity contribution < 1.29 is 14.3 Å². The van der Waals surface area contributed by atoms with Crippen molar-refractivity contribution in [1.29, 1.82) is 0 Å². The molecule has 5 rings (SSSR count). The van der Waals surface area contributed by atoms with E-state index in [0.717, 1.165) is 47.7 Å². The van der Waals surface area contributed by atoms with Gasteiger partial charge in [0.25, 0.3) is 5.91 Å². The number of hydrogen-bond donors (Lipinski definition) is 0. The highest BCUT2D eigenvalue weighted by atomic mass is 32.2. The summed E-state index contributed by atoms with van der Waals surface area (Å²) in [4.78, 5) is 15.5. The molecular weight excluding hydrogens is 466 g/mol. The molecule has 1 atom stereocenters. The highest BCUT2D eigenvalue weighted by Crippen LogP contribution is 2.36. The summed E-state index contributed by atoms with van der Waals surface area (Å²) in [6.07, 6.45) is 5.89. The summed E-state index contributed by atoms with van der Waals surface area (Å²) >= 11 is 6.86. The lowest BCUT2D eigenvalue weighted by Crippen LogP contribution is -2.35. The zero-order valence-electron chi connectivity index (χ0n) is 18.8. The first-order valence-corrected chi connectivity index (χ1v) is 12.6. The number of thiocarbonyl (C=S) groups is 1. The number of para-hydroxylation sites is 1. The number of amides is 1. The molecule has 2 saturated heterocycles. The van der Waals surface area contributed by atoms with Gasteiger partial charge in [-0.25, -0.2) is 4.68 Å². The monoisotopic (exact) mass is 491 g/mol. The Balaban J connectivity index is 1.49. The summed E-state index contributed by atoms with van der Waals surface area (Å²) in [5, 5.41) is 4.86. The van der Waals surface area contributed by atoms with Gasteiger partial charge in [0, 0.05) is 23.9 Å². The summed E-state index contributed by atoms with van der Waals surface area (Å²) in [6, 6.07) is 17.8. The molecule has 8 heteroatoms. The van der Waals surface area contributed by atoms with Crippen molar-refractivity contribution in [3.8, 4) is 22.7 Å². The van der Waals surface area contributed by atoms with Gasteiger partial charge in [-0.05, 0) is 62.2 Å². The highest BCUT2D eigenvalue weighted by molar-refractivity contribution is 8.26. The first-order valence-electron chi connectivity index (χ1n) is 11.4. The Bertz CT molecular complexity index is 1220. The van der Waals surface area contributed by atoms with E-state index < -0.39 is 0 Å². The van der Waals surface area contributed by atoms with E-state index in [1.54, 1.807) is 4.90 Å². The van der Waals surface area contributed by atoms with Gasteiger partial charge in [-0.15, -0.1) is 0 Å². The van der Waals surface area contributed by atoms with Crippen LogP contribution in [0.4, 0.5) is 0 Å². The molecule has 1 amide bonds. The second-order valence-electron chi connectivity index (χ2n) is 8.10. The topological polar surface area (TPSA) is 56.6 Å². The Kier molecular flexibility index (Phi) is 6.80. The molecule has 6 nitrogen and oxygen atoms in total. The fourth-order valence-electron chi connectivity index (χ4n) is 4.10. The van der Waals surface area contributed by atoms with Crippen LogP contribution < -0.4 is 4.74 Å². The zero-order chi connectivity index (χ0) is 23.5. The van der Waals surface area contributed by atoms with Crippen LogP contribution in [0, 0.1) is 0 Å². The van der Waals surface area contributed by atoms with E-state index in [2.05, 4.69) is 0 Å². The molecule has 2 aliphatic heterocycles. The molecule has 34 heavy (non-hydrogen) atoms. The van der Waals surface area contributed by atoms with E-state index in [-0.39, 0.29) is 12.0 Å². The van der Waals surface area contributed by atoms with Crippen molar-refractivity contribution in [3.63, 3.8) is 0 Å². The van der Waals surface area contributed by atoms with E-state index in [1.165, 1.54) is 11.8 Å². The van der Waals surface area contributed by atoms with E-state index in [0.29, 0.717) is 22.4 Å². The van der Waals surface area contributed by atoms with Gasteiger partial charge in [-0.3, -0.25) is 9.69 Å². The molecule has 0 bridgehead atoms. The summed E-state index contributed by atoms with van der Waals surface area (Å²) in [5.41, 5.74) is 3.53. The Hall–Kier alpha value is -2.94. The van der Waals surface area contributed by atoms with Crippen molar-refractivity contribution in [2.75, 3.05) is 19.8 Å². The number of thioether (sulfide) groups is 1. The summed E-state index contributed by atoms with van der Waals surface area (Å²) in [6.45, 7) is 3.83. The van der Waals surface area contributed by atoms with Crippen molar-refractivity contribution >= 4 is 40.3 Å². The van der Waals surface area contributed by atoms with Crippen molar-refractivity contribution in [2.45, 2.75) is 25.9 Å². The van der Waals surface area contributed by atoms with E-state index in [4.69, 9.17) is 26.8 Å². The molecule has 0 saturated carbocycles. The smallest absolute Gasteiger partial charge is 0.266 e. The Morgan fingerprint density at radius 2 is 2.00 bits per heavy atom. The van der Waals surface area contributed by atoms with Crippen molar-refractivity contribution in [3.05, 3.63) is 71.3 Å². The molecule has 1 aromatic heterocycles. The van der Waals surface area contributed by atoms with Crippen LogP contribution in [-0.4, -0.2) is 50.8 Å². The number of benzene rings is 2. The molecule has 0 spiro atoms. The molecule has 2 fully saturated rings. The Morgan fingerprint density at radius 1 is 1.21 bits per heavy atom. The minimum atomic E-state index is -0.0735. The second-order valence-corrected chi connectivity index (χ2v) is 9.77. The molecule has 3 heterocycles. The first kappa shape index (κ1) is 22.8. The van der Waals surface area contributed by atoms with E-state index in [1.807, 2.05) is 78.5 Å². The second kappa shape index (κ2) is 10.1. The molecule has 0 N–H and O–H groups in total. The standard InChI is InChI=1S/C26H25N3O3S2/c1-2-31-21-12-10-18(11-13-21)24-19(16-29(27-24)20-7-4-3-5-8-20)15-23-25(30)28(26(33)34-23)17-22-9-6-14-32-22/h3-5,7-8,10-13,15-16,22H,2,6,9,14,17H2,1H3/b23-15-. The Morgan fingerprint density at radius 3 is 2.71 bits per heavy atom. The largest absolute Gasteiger partial charge is 0.494 e. The third kappa shape index (κ3) is 4.80. The third-order valence-corrected chi connectivity index (χ3v) is 7.15. The summed E-state index contributed by atoms with van der Waals surface area (Å²) in [7, 11) is 0. The van der Waals surface area contributed by atoms with Crippen LogP contribution in [0.15, 0.2) is 65.7 Å². The number of carbonyl (C=O) groups is 1. The third-order valence-electron chi connectivity index (χ3n) is 5.77. The molecule has 3 aromatic rings. The molecular formula is C26H25N3O3S2. The van der Waals surface area contributed by atoms with Gasteiger partial charge in [0.15, 0.2) is 0 Å². The highest BCUT2D eigenvalue weighted by Gasteiger charge is 2.35. The average molecular weight is 492 g/mol. The fraction of sp³-hybridized carbons (Fsp3) is 0.269. The number of ether oxygens (including phenoxy) is 2. The fourth-order valence-corrected chi connectivity index (χ4v) is 5.36. The molecule has 2 aromatic carbocycles. The molecule has 1 unspecified atom stereocenters. The minimum absolute atomic E-state index is 0.0575. The first-order chi connectivity index (χ1) is 16.6. The predicted molar refractivity (Wildman–Crippen MR) is 139 cm³/mol. The maximum Gasteiger partial charge on any atom is 0.266 e. The summed E-state index contributed by atoms with van der Waals surface area (Å²) < 4.78 is 13.7. The van der Waals surface area contributed by atoms with Crippen LogP contribution in [0.3, 0.4) is 0 Å². The number of aromatic nitrogens is 2. The number of nitrogens with zero attached hydrogens (tertiary/aromatic N) is 3. The van der Waals surface area contributed by atoms with Gasteiger partial charge >= 0.3 is 0 Å². The summed E-state index contributed by atoms with van der Waals surface area (Å²) in [5.74, 6) is 0.737. The van der Waals surface area contributed by atoms with Crippen LogP contribution >= 0.6 is 24.0 Å². The molecule has 174 valence electrons. The maximum absolute atomic E-state index is 13.2. The van der Waals surface area contributed by atoms with E-state index >= 15 is 0 Å². The lowest BCUT2D eigenvalue weighted by atomic mass is 10.1. The van der Waals surface area contributed by atoms with Crippen LogP contribution in [0.1, 0.15) is 25.3 Å². The van der Waals surface area contributed by atoms with Crippen LogP contribution in [0.2, 0.25) is 0 Å². The van der Waals surface area contributed by atoms with Gasteiger partial charge < -0.3 is 9.47 Å². The lowest BCUT2D eigenvalue weighted by molar-refractivity contribution is -0.123. The Labute approximate surface area is 208 Å². The molecule has 0 radical (unpaired) electrons. The van der Waals surface area contributed by atoms with Crippen LogP contribution in [0.25, 0.3) is 23.0 Å². The van der Waals surface area contributed by atoms with Crippen LogP contribution in [0.5, 0.6) is 5.75 Å². The van der Waals surface area contributed by atoms with Gasteiger partial charge in [0.2, 0.25) is 0 Å². The van der Waals surface area contributed by atoms with Crippen LogP contribution in [-0.2, 0) is 9.53 Å². The van der Waals surface area contributed by atoms with Gasteiger partial charge in [0.05, 0.1) is 35.5 Å². The lowest BCUT2D eigenvalue weighted by Gasteiger charge is -2.18. The van der Waals surface area contributed by atoms with Gasteiger partial charge in [0.1, 0.15) is 10.1 Å². The zero-order valence-corrected chi connectivity index (χ0v) is 20.5. The molecule has 0 aliphatic carbocycles. The number of carbonyl (C=O) groups excluding carboxylic acids is 1. The number of hydrogen-bond acceptors (Lipinski definition) is 6. The minimum Gasteiger partial charge on any atom is -0.494 e. The number of rotatable bonds is 7. The van der Waals surface area contributed by atoms with Crippen molar-refractivity contribution in [2.24, 2.45) is 0 Å². The predicted octanol–water partition coefficient (Wildman–Crippen LogP) is 5.32. The quantitative estimate of drug-likeness (QED) is 0.329. The van der Waals surface area contributed by atoms with E-state index in [9.17, 15) is 4.79 Å². The molecule has 2 aliphatic rings. The van der Waals surface area contributed by atoms with Gasteiger partial charge in [-0.2, -0.15) is 5.10 Å². The average Bonchev–Trinajstić information content (AvgIpc) is 3.58.